The lowest BCUT2D eigenvalue weighted by atomic mass is 9.90. The lowest BCUT2D eigenvalue weighted by molar-refractivity contribution is -0.133. The van der Waals surface area contributed by atoms with E-state index in [1.54, 1.807) is 24.5 Å². The zero-order valence-electron chi connectivity index (χ0n) is 9.80. The predicted molar refractivity (Wildman–Crippen MR) is 72.4 cm³/mol. The van der Waals surface area contributed by atoms with Crippen molar-refractivity contribution in [1.29, 1.82) is 0 Å². The van der Waals surface area contributed by atoms with E-state index in [2.05, 4.69) is 31.2 Å². The quantitative estimate of drug-likeness (QED) is 0.882. The smallest absolute Gasteiger partial charge is 0.261 e. The average Bonchev–Trinajstić information content (AvgIpc) is 2.64. The molecule has 5 nitrogen and oxygen atoms in total. The van der Waals surface area contributed by atoms with Gasteiger partial charge in [0.15, 0.2) is 5.60 Å². The van der Waals surface area contributed by atoms with Crippen LogP contribution in [-0.2, 0) is 16.8 Å². The predicted octanol–water partition coefficient (Wildman–Crippen LogP) is 1.62. The molecule has 0 saturated carbocycles. The molecular formula is C13H10BrN3O2. The molecule has 0 saturated heterocycles. The standard InChI is InChI=1S/C13H10BrN3O2/c14-8-1-2-11-10(5-8)13(19,12(18)17-11)6-9-7-15-3-4-16-9/h1-5,7,19H,6H2,(H,17,18). The molecule has 1 aliphatic rings. The number of aromatic nitrogens is 2. The monoisotopic (exact) mass is 319 g/mol. The maximum absolute atomic E-state index is 12.0. The van der Waals surface area contributed by atoms with Crippen molar-refractivity contribution in [2.45, 2.75) is 12.0 Å². The van der Waals surface area contributed by atoms with Crippen LogP contribution in [0.1, 0.15) is 11.3 Å². The highest BCUT2D eigenvalue weighted by Gasteiger charge is 2.45. The Morgan fingerprint density at radius 1 is 1.37 bits per heavy atom. The zero-order valence-corrected chi connectivity index (χ0v) is 11.4. The number of benzene rings is 1. The van der Waals surface area contributed by atoms with Gasteiger partial charge in [0, 0.05) is 40.7 Å². The molecule has 0 aliphatic carbocycles. The summed E-state index contributed by atoms with van der Waals surface area (Å²) >= 11 is 3.34. The van der Waals surface area contributed by atoms with Gasteiger partial charge in [-0.25, -0.2) is 0 Å². The van der Waals surface area contributed by atoms with Gasteiger partial charge in [-0.05, 0) is 18.2 Å². The van der Waals surface area contributed by atoms with Crippen LogP contribution in [0.15, 0.2) is 41.3 Å². The van der Waals surface area contributed by atoms with Crippen molar-refractivity contribution < 1.29 is 9.90 Å². The molecule has 2 aromatic rings. The molecule has 1 aliphatic heterocycles. The van der Waals surface area contributed by atoms with E-state index in [0.717, 1.165) is 4.47 Å². The molecular weight excluding hydrogens is 310 g/mol. The molecule has 1 aromatic heterocycles. The van der Waals surface area contributed by atoms with Crippen LogP contribution in [-0.4, -0.2) is 21.0 Å². The number of carbonyl (C=O) groups is 1. The Morgan fingerprint density at radius 3 is 2.95 bits per heavy atom. The Hall–Kier alpha value is -1.79. The van der Waals surface area contributed by atoms with E-state index in [0.29, 0.717) is 16.9 Å². The van der Waals surface area contributed by atoms with Crippen molar-refractivity contribution >= 4 is 27.5 Å². The first-order chi connectivity index (χ1) is 9.09. The second-order valence-corrected chi connectivity index (χ2v) is 5.29. The summed E-state index contributed by atoms with van der Waals surface area (Å²) in [5, 5.41) is 13.4. The largest absolute Gasteiger partial charge is 0.375 e. The number of hydrogen-bond donors (Lipinski definition) is 2. The zero-order chi connectivity index (χ0) is 13.5. The molecule has 19 heavy (non-hydrogen) atoms. The number of rotatable bonds is 2. The Labute approximate surface area is 117 Å². The summed E-state index contributed by atoms with van der Waals surface area (Å²) in [6.45, 7) is 0. The summed E-state index contributed by atoms with van der Waals surface area (Å²) in [6.07, 6.45) is 4.72. The number of aliphatic hydroxyl groups is 1. The van der Waals surface area contributed by atoms with Crippen molar-refractivity contribution in [2.24, 2.45) is 0 Å². The molecule has 1 amide bonds. The van der Waals surface area contributed by atoms with E-state index in [1.165, 1.54) is 6.20 Å². The van der Waals surface area contributed by atoms with E-state index in [-0.39, 0.29) is 6.42 Å². The SMILES string of the molecule is O=C1Nc2ccc(Br)cc2C1(O)Cc1cnccn1. The third-order valence-corrected chi connectivity index (χ3v) is 3.60. The second-order valence-electron chi connectivity index (χ2n) is 4.38. The van der Waals surface area contributed by atoms with E-state index in [1.807, 2.05) is 6.07 Å². The van der Waals surface area contributed by atoms with Crippen LogP contribution in [0.2, 0.25) is 0 Å². The number of nitrogens with one attached hydrogen (secondary N) is 1. The number of anilines is 1. The first kappa shape index (κ1) is 12.3. The van der Waals surface area contributed by atoms with Crippen LogP contribution in [0.4, 0.5) is 5.69 Å². The summed E-state index contributed by atoms with van der Waals surface area (Å²) in [5.74, 6) is -0.439. The van der Waals surface area contributed by atoms with Gasteiger partial charge in [0.1, 0.15) is 0 Å². The molecule has 1 unspecified atom stereocenters. The Bertz CT molecular complexity index is 648. The van der Waals surface area contributed by atoms with E-state index in [9.17, 15) is 9.90 Å². The fourth-order valence-electron chi connectivity index (χ4n) is 2.17. The van der Waals surface area contributed by atoms with Gasteiger partial charge in [-0.2, -0.15) is 0 Å². The highest BCUT2D eigenvalue weighted by Crippen LogP contribution is 2.39. The lowest BCUT2D eigenvalue weighted by Gasteiger charge is -2.20. The van der Waals surface area contributed by atoms with Gasteiger partial charge in [-0.1, -0.05) is 15.9 Å². The van der Waals surface area contributed by atoms with Crippen LogP contribution in [0.25, 0.3) is 0 Å². The van der Waals surface area contributed by atoms with Gasteiger partial charge < -0.3 is 10.4 Å². The van der Waals surface area contributed by atoms with Gasteiger partial charge in [0.2, 0.25) is 0 Å². The maximum Gasteiger partial charge on any atom is 0.261 e. The van der Waals surface area contributed by atoms with Crippen LogP contribution in [0.3, 0.4) is 0 Å². The van der Waals surface area contributed by atoms with Crippen LogP contribution < -0.4 is 5.32 Å². The molecule has 0 radical (unpaired) electrons. The first-order valence-corrected chi connectivity index (χ1v) is 6.48. The molecule has 2 heterocycles. The van der Waals surface area contributed by atoms with Gasteiger partial charge in [0.05, 0.1) is 5.69 Å². The van der Waals surface area contributed by atoms with Crippen molar-refractivity contribution in [1.82, 2.24) is 9.97 Å². The summed E-state index contributed by atoms with van der Waals surface area (Å²) in [4.78, 5) is 20.1. The highest BCUT2D eigenvalue weighted by molar-refractivity contribution is 9.10. The summed E-state index contributed by atoms with van der Waals surface area (Å²) in [7, 11) is 0. The molecule has 3 rings (SSSR count). The number of carbonyl (C=O) groups excluding carboxylic acids is 1. The minimum Gasteiger partial charge on any atom is -0.375 e. The van der Waals surface area contributed by atoms with Crippen LogP contribution >= 0.6 is 15.9 Å². The van der Waals surface area contributed by atoms with Gasteiger partial charge in [-0.3, -0.25) is 14.8 Å². The third-order valence-electron chi connectivity index (χ3n) is 3.10. The summed E-state index contributed by atoms with van der Waals surface area (Å²) in [5.41, 5.74) is 0.139. The number of hydrogen-bond acceptors (Lipinski definition) is 4. The first-order valence-electron chi connectivity index (χ1n) is 5.68. The molecule has 0 bridgehead atoms. The normalized spacial score (nSPS) is 21.1. The highest BCUT2D eigenvalue weighted by atomic mass is 79.9. The van der Waals surface area contributed by atoms with Gasteiger partial charge in [-0.15, -0.1) is 0 Å². The van der Waals surface area contributed by atoms with Gasteiger partial charge in [0.25, 0.3) is 5.91 Å². The fraction of sp³-hybridized carbons (Fsp3) is 0.154. The minimum absolute atomic E-state index is 0.0934. The lowest BCUT2D eigenvalue weighted by Crippen LogP contribution is -2.36. The van der Waals surface area contributed by atoms with Crippen molar-refractivity contribution in [2.75, 3.05) is 5.32 Å². The Kier molecular flexibility index (Phi) is 2.83. The second kappa shape index (κ2) is 4.40. The minimum atomic E-state index is -1.60. The molecule has 1 atom stereocenters. The molecule has 6 heteroatoms. The maximum atomic E-state index is 12.0. The van der Waals surface area contributed by atoms with Crippen LogP contribution in [0.5, 0.6) is 0 Å². The van der Waals surface area contributed by atoms with E-state index >= 15 is 0 Å². The van der Waals surface area contributed by atoms with Crippen molar-refractivity contribution in [3.05, 3.63) is 52.5 Å². The Balaban J connectivity index is 2.04. The number of halogens is 1. The number of nitrogens with zero attached hydrogens (tertiary/aromatic N) is 2. The average molecular weight is 320 g/mol. The fourth-order valence-corrected chi connectivity index (χ4v) is 2.54. The summed E-state index contributed by atoms with van der Waals surface area (Å²) < 4.78 is 0.806. The van der Waals surface area contributed by atoms with E-state index < -0.39 is 11.5 Å². The molecule has 1 aromatic carbocycles. The van der Waals surface area contributed by atoms with Gasteiger partial charge >= 0.3 is 0 Å². The summed E-state index contributed by atoms with van der Waals surface area (Å²) in [6, 6.07) is 5.31. The molecule has 0 fully saturated rings. The Morgan fingerprint density at radius 2 is 2.21 bits per heavy atom. The molecule has 96 valence electrons. The third kappa shape index (κ3) is 2.02. The van der Waals surface area contributed by atoms with Crippen molar-refractivity contribution in [3.8, 4) is 0 Å². The number of fused-ring (bicyclic) bond motifs is 1. The van der Waals surface area contributed by atoms with Crippen molar-refractivity contribution in [3.63, 3.8) is 0 Å². The molecule has 0 spiro atoms. The molecule has 2 N–H and O–H groups in total. The topological polar surface area (TPSA) is 75.1 Å². The van der Waals surface area contributed by atoms with E-state index in [4.69, 9.17) is 0 Å². The van der Waals surface area contributed by atoms with Crippen LogP contribution in [0, 0.1) is 0 Å². The number of amides is 1.